The molecule has 0 saturated heterocycles. The number of hydrogen-bond donors (Lipinski definition) is 2. The van der Waals surface area contributed by atoms with Crippen molar-refractivity contribution in [2.45, 2.75) is 25.8 Å². The van der Waals surface area contributed by atoms with E-state index in [9.17, 15) is 5.26 Å². The maximum Gasteiger partial charge on any atom is 0.210 e. The van der Waals surface area contributed by atoms with Gasteiger partial charge in [-0.05, 0) is 29.2 Å². The molecule has 1 aromatic heterocycles. The van der Waals surface area contributed by atoms with Gasteiger partial charge in [0.25, 0.3) is 0 Å². The van der Waals surface area contributed by atoms with E-state index in [-0.39, 0.29) is 6.04 Å². The number of benzene rings is 2. The number of fused-ring (bicyclic) bond motifs is 3. The number of nitrogens with two attached hydrogens (primary N) is 1. The Morgan fingerprint density at radius 2 is 1.88 bits per heavy atom. The molecule has 1 aliphatic heterocycles. The minimum Gasteiger partial charge on any atom is -0.384 e. The number of anilines is 1. The summed E-state index contributed by atoms with van der Waals surface area (Å²) in [7, 11) is 0. The molecule has 1 unspecified atom stereocenters. The molecule has 1 aliphatic rings. The zero-order valence-corrected chi connectivity index (χ0v) is 14.2. The Bertz CT molecular complexity index is 1020. The van der Waals surface area contributed by atoms with Crippen LogP contribution in [0, 0.1) is 11.3 Å². The molecule has 3 N–H and O–H groups in total. The summed E-state index contributed by atoms with van der Waals surface area (Å²) in [5.41, 5.74) is 10.9. The highest BCUT2D eigenvalue weighted by molar-refractivity contribution is 5.85. The van der Waals surface area contributed by atoms with Crippen molar-refractivity contribution < 1.29 is 0 Å². The second-order valence-electron chi connectivity index (χ2n) is 6.57. The van der Waals surface area contributed by atoms with E-state index >= 15 is 0 Å². The number of rotatable bonds is 2. The molecule has 0 spiro atoms. The van der Waals surface area contributed by atoms with Crippen LogP contribution in [0.25, 0.3) is 16.9 Å². The predicted molar refractivity (Wildman–Crippen MR) is 99.6 cm³/mol. The van der Waals surface area contributed by atoms with E-state index in [2.05, 4.69) is 54.5 Å². The first-order valence-corrected chi connectivity index (χ1v) is 8.34. The Kier molecular flexibility index (Phi) is 3.47. The number of nitrogens with zero attached hydrogens (tertiary/aromatic N) is 3. The van der Waals surface area contributed by atoms with Crippen LogP contribution in [0.5, 0.6) is 0 Å². The first kappa shape index (κ1) is 15.3. The molecule has 5 nitrogen and oxygen atoms in total. The third kappa shape index (κ3) is 2.34. The minimum absolute atomic E-state index is 0.296. The van der Waals surface area contributed by atoms with Crippen molar-refractivity contribution in [3.63, 3.8) is 0 Å². The standard InChI is InChI=1S/C20H19N5/c1-12(2)13-7-9-14(10-8-13)18-15(11-21)19(22)25-17-6-4-3-5-16(17)23-20(25)24-18/h3-10,12,18H,22H2,1-2H3,(H,23,24). The Hall–Kier alpha value is -3.26. The highest BCUT2D eigenvalue weighted by Crippen LogP contribution is 2.36. The maximum absolute atomic E-state index is 9.71. The molecule has 0 amide bonds. The summed E-state index contributed by atoms with van der Waals surface area (Å²) in [4.78, 5) is 4.62. The van der Waals surface area contributed by atoms with E-state index < -0.39 is 0 Å². The maximum atomic E-state index is 9.71. The number of aromatic nitrogens is 2. The van der Waals surface area contributed by atoms with E-state index in [1.54, 1.807) is 0 Å². The smallest absolute Gasteiger partial charge is 0.210 e. The summed E-state index contributed by atoms with van der Waals surface area (Å²) < 4.78 is 1.81. The van der Waals surface area contributed by atoms with Gasteiger partial charge in [-0.1, -0.05) is 50.2 Å². The average Bonchev–Trinajstić information content (AvgIpc) is 3.00. The van der Waals surface area contributed by atoms with Crippen LogP contribution in [-0.2, 0) is 0 Å². The van der Waals surface area contributed by atoms with Crippen molar-refractivity contribution in [3.8, 4) is 6.07 Å². The van der Waals surface area contributed by atoms with Crippen molar-refractivity contribution in [3.05, 3.63) is 65.2 Å². The average molecular weight is 329 g/mol. The molecule has 5 heteroatoms. The van der Waals surface area contributed by atoms with Gasteiger partial charge in [-0.3, -0.25) is 4.57 Å². The molecule has 0 aliphatic carbocycles. The lowest BCUT2D eigenvalue weighted by Gasteiger charge is -2.27. The van der Waals surface area contributed by atoms with Crippen LogP contribution in [0.3, 0.4) is 0 Å². The van der Waals surface area contributed by atoms with Gasteiger partial charge in [0, 0.05) is 0 Å². The van der Waals surface area contributed by atoms with Crippen LogP contribution in [0.1, 0.15) is 36.9 Å². The van der Waals surface area contributed by atoms with Gasteiger partial charge in [0.15, 0.2) is 0 Å². The van der Waals surface area contributed by atoms with Crippen molar-refractivity contribution in [2.24, 2.45) is 5.73 Å². The molecule has 124 valence electrons. The van der Waals surface area contributed by atoms with Crippen LogP contribution in [0.2, 0.25) is 0 Å². The Balaban J connectivity index is 1.84. The van der Waals surface area contributed by atoms with Crippen LogP contribution in [-0.4, -0.2) is 9.55 Å². The highest BCUT2D eigenvalue weighted by atomic mass is 15.3. The van der Waals surface area contributed by atoms with Gasteiger partial charge >= 0.3 is 0 Å². The second kappa shape index (κ2) is 5.67. The fourth-order valence-electron chi connectivity index (χ4n) is 3.28. The molecule has 0 fully saturated rings. The monoisotopic (exact) mass is 329 g/mol. The van der Waals surface area contributed by atoms with Gasteiger partial charge in [-0.15, -0.1) is 0 Å². The lowest BCUT2D eigenvalue weighted by Crippen LogP contribution is -2.26. The molecule has 2 heterocycles. The zero-order chi connectivity index (χ0) is 17.6. The molecular weight excluding hydrogens is 310 g/mol. The number of hydrogen-bond acceptors (Lipinski definition) is 4. The molecule has 0 bridgehead atoms. The molecular formula is C20H19N5. The van der Waals surface area contributed by atoms with E-state index in [4.69, 9.17) is 5.73 Å². The molecule has 0 saturated carbocycles. The third-order valence-electron chi connectivity index (χ3n) is 4.70. The summed E-state index contributed by atoms with van der Waals surface area (Å²) in [5, 5.41) is 13.1. The number of nitriles is 1. The summed E-state index contributed by atoms with van der Waals surface area (Å²) in [5.74, 6) is 1.56. The molecule has 1 atom stereocenters. The normalized spacial score (nSPS) is 16.6. The second-order valence-corrected chi connectivity index (χ2v) is 6.57. The molecule has 0 radical (unpaired) electrons. The fraction of sp³-hybridized carbons (Fsp3) is 0.200. The van der Waals surface area contributed by atoms with Crippen molar-refractivity contribution in [1.29, 1.82) is 5.26 Å². The van der Waals surface area contributed by atoms with Crippen LogP contribution in [0.15, 0.2) is 54.1 Å². The molecule has 25 heavy (non-hydrogen) atoms. The van der Waals surface area contributed by atoms with Gasteiger partial charge in [-0.2, -0.15) is 5.26 Å². The van der Waals surface area contributed by atoms with Gasteiger partial charge in [0.1, 0.15) is 11.9 Å². The van der Waals surface area contributed by atoms with Crippen LogP contribution >= 0.6 is 0 Å². The quantitative estimate of drug-likeness (QED) is 0.745. The van der Waals surface area contributed by atoms with E-state index in [1.807, 2.05) is 28.8 Å². The van der Waals surface area contributed by atoms with E-state index in [1.165, 1.54) is 5.56 Å². The lowest BCUT2D eigenvalue weighted by atomic mass is 9.95. The Morgan fingerprint density at radius 1 is 1.16 bits per heavy atom. The summed E-state index contributed by atoms with van der Waals surface area (Å²) in [6, 6.07) is 18.1. The first-order chi connectivity index (χ1) is 12.1. The van der Waals surface area contributed by atoms with Gasteiger partial charge < -0.3 is 11.1 Å². The lowest BCUT2D eigenvalue weighted by molar-refractivity contribution is 0.843. The highest BCUT2D eigenvalue weighted by Gasteiger charge is 2.29. The van der Waals surface area contributed by atoms with Crippen molar-refractivity contribution in [2.75, 3.05) is 5.32 Å². The zero-order valence-electron chi connectivity index (χ0n) is 14.2. The Labute approximate surface area is 146 Å². The summed E-state index contributed by atoms with van der Waals surface area (Å²) >= 11 is 0. The molecule has 4 rings (SSSR count). The van der Waals surface area contributed by atoms with Gasteiger partial charge in [0.2, 0.25) is 5.95 Å². The van der Waals surface area contributed by atoms with Crippen molar-refractivity contribution in [1.82, 2.24) is 9.55 Å². The topological polar surface area (TPSA) is 79.7 Å². The SMILES string of the molecule is CC(C)c1ccc(C2Nc3nc4ccccc4n3C(N)=C2C#N)cc1. The minimum atomic E-state index is -0.296. The van der Waals surface area contributed by atoms with Crippen LogP contribution in [0.4, 0.5) is 5.95 Å². The predicted octanol–water partition coefficient (Wildman–Crippen LogP) is 3.98. The van der Waals surface area contributed by atoms with E-state index in [0.717, 1.165) is 16.6 Å². The molecule has 3 aromatic rings. The first-order valence-electron chi connectivity index (χ1n) is 8.34. The number of para-hydroxylation sites is 2. The largest absolute Gasteiger partial charge is 0.384 e. The summed E-state index contributed by atoms with van der Waals surface area (Å²) in [6.07, 6.45) is 0. The summed E-state index contributed by atoms with van der Waals surface area (Å²) in [6.45, 7) is 4.32. The molecule has 2 aromatic carbocycles. The fourth-order valence-corrected chi connectivity index (χ4v) is 3.28. The Morgan fingerprint density at radius 3 is 2.56 bits per heavy atom. The number of imidazole rings is 1. The van der Waals surface area contributed by atoms with Crippen LogP contribution < -0.4 is 11.1 Å². The van der Waals surface area contributed by atoms with Gasteiger partial charge in [-0.25, -0.2) is 4.98 Å². The van der Waals surface area contributed by atoms with Crippen molar-refractivity contribution >= 4 is 22.8 Å². The third-order valence-corrected chi connectivity index (χ3v) is 4.70. The number of nitrogens with one attached hydrogen (secondary N) is 1. The van der Waals surface area contributed by atoms with E-state index in [0.29, 0.717) is 23.3 Å². The van der Waals surface area contributed by atoms with Gasteiger partial charge in [0.05, 0.1) is 22.6 Å².